The number of hydrogen-bond acceptors (Lipinski definition) is 2. The molecule has 1 aromatic carbocycles. The van der Waals surface area contributed by atoms with Gasteiger partial charge in [-0.05, 0) is 43.4 Å². The lowest BCUT2D eigenvalue weighted by atomic mass is 10.3. The van der Waals surface area contributed by atoms with E-state index in [0.717, 1.165) is 5.69 Å². The first kappa shape index (κ1) is 11.2. The molecule has 1 rings (SSSR count). The van der Waals surface area contributed by atoms with E-state index in [4.69, 9.17) is 28.7 Å². The smallest absolute Gasteiger partial charge is 0.195 e. The number of nitrogens with one attached hydrogen (secondary N) is 2. The summed E-state index contributed by atoms with van der Waals surface area (Å²) in [6.07, 6.45) is 0. The van der Waals surface area contributed by atoms with Gasteiger partial charge in [-0.3, -0.25) is 4.84 Å². The summed E-state index contributed by atoms with van der Waals surface area (Å²) >= 11 is 10.7. The Morgan fingerprint density at radius 2 is 2.07 bits per heavy atom. The summed E-state index contributed by atoms with van der Waals surface area (Å²) in [6, 6.07) is 7.24. The van der Waals surface area contributed by atoms with Gasteiger partial charge in [0.25, 0.3) is 0 Å². The van der Waals surface area contributed by atoms with Crippen LogP contribution in [0.4, 0.5) is 5.69 Å². The Bertz CT molecular complexity index is 302. The molecule has 0 saturated carbocycles. The van der Waals surface area contributed by atoms with Gasteiger partial charge in [0.05, 0.1) is 6.61 Å². The molecule has 0 heterocycles. The molecule has 0 unspecified atom stereocenters. The third-order valence-electron chi connectivity index (χ3n) is 1.41. The molecule has 14 heavy (non-hydrogen) atoms. The maximum absolute atomic E-state index is 5.73. The van der Waals surface area contributed by atoms with Crippen molar-refractivity contribution in [2.75, 3.05) is 11.9 Å². The maximum Gasteiger partial charge on any atom is 0.195 e. The zero-order chi connectivity index (χ0) is 10.4. The number of halogens is 1. The van der Waals surface area contributed by atoms with Crippen molar-refractivity contribution >= 4 is 34.6 Å². The third-order valence-corrected chi connectivity index (χ3v) is 1.85. The second-order valence-electron chi connectivity index (χ2n) is 2.50. The van der Waals surface area contributed by atoms with E-state index in [1.807, 2.05) is 19.1 Å². The van der Waals surface area contributed by atoms with Gasteiger partial charge in [0, 0.05) is 10.7 Å². The van der Waals surface area contributed by atoms with Gasteiger partial charge in [0.2, 0.25) is 0 Å². The quantitative estimate of drug-likeness (QED) is 0.618. The highest BCUT2D eigenvalue weighted by atomic mass is 35.5. The van der Waals surface area contributed by atoms with E-state index < -0.39 is 0 Å². The number of thiocarbonyl (C=S) groups is 1. The number of rotatable bonds is 3. The molecule has 0 fully saturated rings. The van der Waals surface area contributed by atoms with Gasteiger partial charge >= 0.3 is 0 Å². The van der Waals surface area contributed by atoms with Crippen molar-refractivity contribution in [3.8, 4) is 0 Å². The Morgan fingerprint density at radius 3 is 2.64 bits per heavy atom. The van der Waals surface area contributed by atoms with E-state index in [2.05, 4.69) is 10.8 Å². The molecule has 0 aliphatic rings. The van der Waals surface area contributed by atoms with Crippen molar-refractivity contribution in [1.29, 1.82) is 0 Å². The average Bonchev–Trinajstić information content (AvgIpc) is 2.18. The largest absolute Gasteiger partial charge is 0.331 e. The summed E-state index contributed by atoms with van der Waals surface area (Å²) in [6.45, 7) is 2.43. The standard InChI is InChI=1S/C9H11ClN2OS/c1-2-13-12-9(14)11-8-5-3-7(10)4-6-8/h3-6H,2H2,1H3,(H2,11,12,14). The van der Waals surface area contributed by atoms with Gasteiger partial charge in [-0.2, -0.15) is 0 Å². The van der Waals surface area contributed by atoms with Crippen LogP contribution in [-0.2, 0) is 4.84 Å². The second-order valence-corrected chi connectivity index (χ2v) is 3.34. The van der Waals surface area contributed by atoms with Gasteiger partial charge in [0.15, 0.2) is 5.11 Å². The number of benzene rings is 1. The Labute approximate surface area is 93.4 Å². The van der Waals surface area contributed by atoms with Crippen LogP contribution in [-0.4, -0.2) is 11.7 Å². The normalized spacial score (nSPS) is 9.57. The summed E-state index contributed by atoms with van der Waals surface area (Å²) in [5, 5.41) is 4.06. The van der Waals surface area contributed by atoms with Gasteiger partial charge in [-0.25, -0.2) is 5.48 Å². The highest BCUT2D eigenvalue weighted by Gasteiger charge is 1.96. The van der Waals surface area contributed by atoms with E-state index in [9.17, 15) is 0 Å². The molecule has 0 saturated heterocycles. The number of hydrogen-bond donors (Lipinski definition) is 2. The molecule has 1 aromatic rings. The molecule has 76 valence electrons. The maximum atomic E-state index is 5.73. The molecular formula is C9H11ClN2OS. The summed E-state index contributed by atoms with van der Waals surface area (Å²) in [4.78, 5) is 4.91. The lowest BCUT2D eigenvalue weighted by molar-refractivity contribution is 0.0986. The molecule has 0 aliphatic carbocycles. The highest BCUT2D eigenvalue weighted by Crippen LogP contribution is 2.12. The van der Waals surface area contributed by atoms with Crippen LogP contribution in [0.15, 0.2) is 24.3 Å². The van der Waals surface area contributed by atoms with E-state index in [0.29, 0.717) is 16.7 Å². The fraction of sp³-hybridized carbons (Fsp3) is 0.222. The topological polar surface area (TPSA) is 33.3 Å². The Morgan fingerprint density at radius 1 is 1.43 bits per heavy atom. The van der Waals surface area contributed by atoms with Crippen LogP contribution in [0.1, 0.15) is 6.92 Å². The third kappa shape index (κ3) is 3.91. The van der Waals surface area contributed by atoms with Crippen molar-refractivity contribution in [3.05, 3.63) is 29.3 Å². The SMILES string of the molecule is CCONC(=S)Nc1ccc(Cl)cc1. The van der Waals surface area contributed by atoms with Crippen molar-refractivity contribution in [2.24, 2.45) is 0 Å². The summed E-state index contributed by atoms with van der Waals surface area (Å²) < 4.78 is 0. The molecule has 0 bridgehead atoms. The molecule has 0 aliphatic heterocycles. The molecule has 0 atom stereocenters. The van der Waals surface area contributed by atoms with E-state index >= 15 is 0 Å². The predicted octanol–water partition coefficient (Wildman–Crippen LogP) is 2.58. The van der Waals surface area contributed by atoms with Crippen molar-refractivity contribution in [3.63, 3.8) is 0 Å². The molecule has 3 nitrogen and oxygen atoms in total. The van der Waals surface area contributed by atoms with E-state index in [1.54, 1.807) is 12.1 Å². The van der Waals surface area contributed by atoms with Gasteiger partial charge in [-0.15, -0.1) is 0 Å². The van der Waals surface area contributed by atoms with Crippen molar-refractivity contribution in [1.82, 2.24) is 5.48 Å². The minimum absolute atomic E-state index is 0.425. The van der Waals surface area contributed by atoms with E-state index in [-0.39, 0.29) is 0 Å². The lowest BCUT2D eigenvalue weighted by Gasteiger charge is -2.08. The molecule has 0 spiro atoms. The van der Waals surface area contributed by atoms with Crippen LogP contribution in [0.5, 0.6) is 0 Å². The van der Waals surface area contributed by atoms with Crippen LogP contribution < -0.4 is 10.8 Å². The van der Waals surface area contributed by atoms with Gasteiger partial charge in [-0.1, -0.05) is 11.6 Å². The monoisotopic (exact) mass is 230 g/mol. The first-order valence-electron chi connectivity index (χ1n) is 4.16. The van der Waals surface area contributed by atoms with Crippen LogP contribution in [0, 0.1) is 0 Å². The fourth-order valence-electron chi connectivity index (χ4n) is 0.828. The van der Waals surface area contributed by atoms with E-state index in [1.165, 1.54) is 0 Å². The average molecular weight is 231 g/mol. The molecular weight excluding hydrogens is 220 g/mol. The van der Waals surface area contributed by atoms with Crippen molar-refractivity contribution < 1.29 is 4.84 Å². The molecule has 0 amide bonds. The molecule has 0 aromatic heterocycles. The Hall–Kier alpha value is -0.840. The summed E-state index contributed by atoms with van der Waals surface area (Å²) in [5.74, 6) is 0. The Balaban J connectivity index is 2.44. The fourth-order valence-corrected chi connectivity index (χ4v) is 1.13. The van der Waals surface area contributed by atoms with Crippen LogP contribution in [0.2, 0.25) is 5.02 Å². The zero-order valence-electron chi connectivity index (χ0n) is 7.71. The first-order chi connectivity index (χ1) is 6.72. The van der Waals surface area contributed by atoms with Crippen LogP contribution in [0.3, 0.4) is 0 Å². The molecule has 2 N–H and O–H groups in total. The minimum atomic E-state index is 0.425. The molecule has 0 radical (unpaired) electrons. The first-order valence-corrected chi connectivity index (χ1v) is 4.95. The van der Waals surface area contributed by atoms with Crippen molar-refractivity contribution in [2.45, 2.75) is 6.92 Å². The number of anilines is 1. The molecule has 5 heteroatoms. The number of hydroxylamine groups is 1. The van der Waals surface area contributed by atoms with Crippen LogP contribution >= 0.6 is 23.8 Å². The zero-order valence-corrected chi connectivity index (χ0v) is 9.28. The summed E-state index contributed by atoms with van der Waals surface area (Å²) in [5.41, 5.74) is 3.45. The van der Waals surface area contributed by atoms with Gasteiger partial charge in [0.1, 0.15) is 0 Å². The predicted molar refractivity (Wildman–Crippen MR) is 62.4 cm³/mol. The van der Waals surface area contributed by atoms with Gasteiger partial charge < -0.3 is 5.32 Å². The summed E-state index contributed by atoms with van der Waals surface area (Å²) in [7, 11) is 0. The van der Waals surface area contributed by atoms with Crippen LogP contribution in [0.25, 0.3) is 0 Å². The highest BCUT2D eigenvalue weighted by molar-refractivity contribution is 7.80. The second kappa shape index (κ2) is 5.80. The minimum Gasteiger partial charge on any atom is -0.331 e. The lowest BCUT2D eigenvalue weighted by Crippen LogP contribution is -2.28. The Kier molecular flexibility index (Phi) is 4.65.